The SMILES string of the molecule is [GeH5-].[GeH5-].[GeH5-].[Yb+3]. The van der Waals surface area contributed by atoms with Gasteiger partial charge in [-0.25, -0.2) is 0 Å². The zero-order chi connectivity index (χ0) is 0. The van der Waals surface area contributed by atoms with Crippen molar-refractivity contribution in [2.45, 2.75) is 0 Å². The van der Waals surface area contributed by atoms with Crippen molar-refractivity contribution in [1.29, 1.82) is 0 Å². The van der Waals surface area contributed by atoms with Crippen molar-refractivity contribution in [2.75, 3.05) is 0 Å². The smallest absolute Gasteiger partial charge is 3.00 e. The third kappa shape index (κ3) is 8.94. The summed E-state index contributed by atoms with van der Waals surface area (Å²) in [5, 5.41) is 0. The van der Waals surface area contributed by atoms with Crippen LogP contribution in [0, 0.1) is 46.9 Å². The van der Waals surface area contributed by atoms with E-state index in [0.29, 0.717) is 0 Å². The largest absolute Gasteiger partial charge is 3.00 e. The molecule has 0 fully saturated rings. The molecule has 0 unspecified atom stereocenters. The molecule has 0 rings (SSSR count). The Hall–Kier alpha value is 3.15. The van der Waals surface area contributed by atoms with Crippen LogP contribution in [0.2, 0.25) is 0 Å². The Morgan fingerprint density at radius 3 is 0.500 bits per heavy atom. The Kier molecular flexibility index (Phi) is 112. The van der Waals surface area contributed by atoms with Gasteiger partial charge in [0.1, 0.15) is 0 Å². The van der Waals surface area contributed by atoms with E-state index in [1.807, 2.05) is 0 Å². The quantitative estimate of drug-likeness (QED) is 0.354. The Balaban J connectivity index is 0. The van der Waals surface area contributed by atoms with Gasteiger partial charge in [0.15, 0.2) is 0 Å². The molecule has 0 heterocycles. The van der Waals surface area contributed by atoms with Gasteiger partial charge in [0.2, 0.25) is 0 Å². The maximum Gasteiger partial charge on any atom is 3.00 e. The maximum atomic E-state index is 0. The van der Waals surface area contributed by atoms with Gasteiger partial charge >= 0.3 is 99.7 Å². The van der Waals surface area contributed by atoms with Crippen molar-refractivity contribution in [3.05, 3.63) is 0 Å². The molecule has 0 N–H and O–H groups in total. The summed E-state index contributed by atoms with van der Waals surface area (Å²) in [6, 6.07) is 0. The van der Waals surface area contributed by atoms with E-state index in [4.69, 9.17) is 0 Å². The van der Waals surface area contributed by atoms with Gasteiger partial charge in [0.25, 0.3) is 0 Å². The molecule has 4 heteroatoms. The van der Waals surface area contributed by atoms with Crippen molar-refractivity contribution in [2.24, 2.45) is 0 Å². The Bertz CT molecular complexity index is 3.25. The maximum absolute atomic E-state index is 0. The zero-order valence-corrected chi connectivity index (χ0v) is 1.98. The van der Waals surface area contributed by atoms with Crippen LogP contribution in [0.1, 0.15) is 0 Å². The van der Waals surface area contributed by atoms with E-state index in [1.165, 1.54) is 0 Å². The molecule has 0 aliphatic carbocycles. The molecule has 0 aliphatic rings. The fourth-order valence-corrected chi connectivity index (χ4v) is 0. The molecular formula is H15Ge3Yb. The van der Waals surface area contributed by atoms with Gasteiger partial charge in [-0.1, -0.05) is 0 Å². The molecule has 0 saturated carbocycles. The molecule has 41 valence electrons. The van der Waals surface area contributed by atoms with Gasteiger partial charge in [-0.3, -0.25) is 0 Å². The average Bonchev–Trinajstić information content (AvgIpc) is 0. The summed E-state index contributed by atoms with van der Waals surface area (Å²) in [6.45, 7) is 0. The molecule has 1 radical (unpaired) electrons. The first-order valence-corrected chi connectivity index (χ1v) is 0. The van der Waals surface area contributed by atoms with Crippen molar-refractivity contribution < 1.29 is 46.9 Å². The van der Waals surface area contributed by atoms with Gasteiger partial charge in [-0.05, 0) is 0 Å². The van der Waals surface area contributed by atoms with Gasteiger partial charge in [-0.2, -0.15) is 0 Å². The molecule has 0 atom stereocenters. The minimum atomic E-state index is 0. The van der Waals surface area contributed by atoms with E-state index in [-0.39, 0.29) is 99.7 Å². The standard InChI is InChI=1S/3GeH5.Yb/h3*1H5;/q3*-1;+3. The van der Waals surface area contributed by atoms with Gasteiger partial charge in [0, 0.05) is 0 Å². The van der Waals surface area contributed by atoms with Crippen LogP contribution >= 0.6 is 0 Å². The summed E-state index contributed by atoms with van der Waals surface area (Å²) >= 11 is 0. The van der Waals surface area contributed by atoms with Gasteiger partial charge in [-0.15, -0.1) is 0 Å². The Morgan fingerprint density at radius 2 is 0.500 bits per heavy atom. The van der Waals surface area contributed by atoms with Crippen LogP contribution < -0.4 is 0 Å². The first-order chi connectivity index (χ1) is 0. The first kappa shape index (κ1) is 27.3. The van der Waals surface area contributed by atoms with Crippen LogP contribution in [0.25, 0.3) is 0 Å². The van der Waals surface area contributed by atoms with Crippen molar-refractivity contribution in [1.82, 2.24) is 0 Å². The minimum absolute atomic E-state index is 0. The predicted octanol–water partition coefficient (Wildman–Crippen LogP) is -5.16. The van der Waals surface area contributed by atoms with Gasteiger partial charge < -0.3 is 0 Å². The van der Waals surface area contributed by atoms with Crippen LogP contribution in [0.5, 0.6) is 0 Å². The van der Waals surface area contributed by atoms with Crippen LogP contribution in [0.4, 0.5) is 0 Å². The summed E-state index contributed by atoms with van der Waals surface area (Å²) in [6.07, 6.45) is 0. The molecule has 4 heavy (non-hydrogen) atoms. The second-order valence-corrected chi connectivity index (χ2v) is 0. The van der Waals surface area contributed by atoms with E-state index in [2.05, 4.69) is 0 Å². The number of hydrogen-bond donors (Lipinski definition) is 0. The second kappa shape index (κ2) is 16.4. The second-order valence-electron chi connectivity index (χ2n) is 0. The molecule has 0 saturated heterocycles. The van der Waals surface area contributed by atoms with Crippen LogP contribution in [0.3, 0.4) is 0 Å². The number of rotatable bonds is 0. The summed E-state index contributed by atoms with van der Waals surface area (Å²) < 4.78 is 0. The zero-order valence-electron chi connectivity index (χ0n) is 0.267. The number of hydrogen-bond acceptors (Lipinski definition) is 0. The first-order valence-electron chi connectivity index (χ1n) is 0. The van der Waals surface area contributed by atoms with Crippen LogP contribution in [-0.4, -0.2) is 52.8 Å². The van der Waals surface area contributed by atoms with Crippen molar-refractivity contribution in [3.63, 3.8) is 0 Å². The molecular weight excluding hydrogens is 391 g/mol. The van der Waals surface area contributed by atoms with E-state index in [9.17, 15) is 0 Å². The third-order valence-corrected chi connectivity index (χ3v) is 0. The molecule has 0 aliphatic heterocycles. The van der Waals surface area contributed by atoms with Crippen LogP contribution in [-0.2, 0) is 0 Å². The van der Waals surface area contributed by atoms with Crippen molar-refractivity contribution >= 4 is 52.8 Å². The van der Waals surface area contributed by atoms with Gasteiger partial charge in [0.05, 0.1) is 0 Å². The van der Waals surface area contributed by atoms with Crippen LogP contribution in [0.15, 0.2) is 0 Å². The summed E-state index contributed by atoms with van der Waals surface area (Å²) in [5.41, 5.74) is 0. The van der Waals surface area contributed by atoms with E-state index >= 15 is 0 Å². The minimum Gasteiger partial charge on any atom is 3.00 e. The predicted molar refractivity (Wildman–Crippen MR) is 38.2 cm³/mol. The third-order valence-electron chi connectivity index (χ3n) is 0. The normalized spacial score (nSPS) is 0. The van der Waals surface area contributed by atoms with E-state index in [0.717, 1.165) is 0 Å². The molecule has 0 amide bonds. The summed E-state index contributed by atoms with van der Waals surface area (Å²) in [4.78, 5) is 0. The Morgan fingerprint density at radius 1 is 0.500 bits per heavy atom. The van der Waals surface area contributed by atoms with E-state index < -0.39 is 0 Å². The molecule has 0 aromatic carbocycles. The molecule has 0 nitrogen and oxygen atoms in total. The summed E-state index contributed by atoms with van der Waals surface area (Å²) in [7, 11) is 0. The van der Waals surface area contributed by atoms with E-state index in [1.54, 1.807) is 0 Å². The average molecular weight is 406 g/mol. The Labute approximate surface area is 97.4 Å². The topological polar surface area (TPSA) is 0 Å². The molecule has 0 aromatic heterocycles. The summed E-state index contributed by atoms with van der Waals surface area (Å²) in [5.74, 6) is 0. The molecule has 0 aromatic rings. The monoisotopic (exact) mass is 411 g/mol. The van der Waals surface area contributed by atoms with Crippen molar-refractivity contribution in [3.8, 4) is 0 Å². The fraction of sp³-hybridized carbons (Fsp3) is 0. The molecule has 0 spiro atoms. The fourth-order valence-electron chi connectivity index (χ4n) is 0. The molecule has 0 bridgehead atoms.